The van der Waals surface area contributed by atoms with Crippen LogP contribution in [0.1, 0.15) is 13.3 Å². The molecule has 11 heavy (non-hydrogen) atoms. The van der Waals surface area contributed by atoms with E-state index < -0.39 is 0 Å². The molecule has 0 N–H and O–H groups in total. The monoisotopic (exact) mass is 150 g/mol. The fourth-order valence-electron chi connectivity index (χ4n) is 0.886. The number of nitrogens with zero attached hydrogens (tertiary/aromatic N) is 3. The van der Waals surface area contributed by atoms with Crippen LogP contribution in [0.2, 0.25) is 0 Å². The molecule has 3 nitrogen and oxygen atoms in total. The second-order valence-corrected chi connectivity index (χ2v) is 2.41. The van der Waals surface area contributed by atoms with Crippen molar-refractivity contribution in [1.29, 1.82) is 0 Å². The van der Waals surface area contributed by atoms with Crippen molar-refractivity contribution in [3.63, 3.8) is 0 Å². The van der Waals surface area contributed by atoms with Gasteiger partial charge in [0.25, 0.3) is 0 Å². The average molecular weight is 150 g/mol. The fourth-order valence-corrected chi connectivity index (χ4v) is 0.886. The van der Waals surface area contributed by atoms with Gasteiger partial charge in [0.2, 0.25) is 0 Å². The second-order valence-electron chi connectivity index (χ2n) is 2.41. The molecule has 0 aliphatic rings. The van der Waals surface area contributed by atoms with Crippen LogP contribution in [0.3, 0.4) is 0 Å². The lowest BCUT2D eigenvalue weighted by Crippen LogP contribution is -2.19. The standard InChI is InChI=1S/C8H12N3/c1-3-6-11(2)8-7-9-4-5-10-8/h4-5H,3,6H2,1-2H3. The minimum absolute atomic E-state index is 0.814. The number of aromatic nitrogens is 2. The maximum Gasteiger partial charge on any atom is 0.156 e. The molecule has 0 atom stereocenters. The zero-order chi connectivity index (χ0) is 8.10. The number of hydrogen-bond acceptors (Lipinski definition) is 3. The van der Waals surface area contributed by atoms with Gasteiger partial charge in [-0.25, -0.2) is 9.97 Å². The largest absolute Gasteiger partial charge is 0.358 e. The van der Waals surface area contributed by atoms with Gasteiger partial charge in [0.15, 0.2) is 5.82 Å². The van der Waals surface area contributed by atoms with Gasteiger partial charge < -0.3 is 4.90 Å². The lowest BCUT2D eigenvalue weighted by Gasteiger charge is -2.14. The smallest absolute Gasteiger partial charge is 0.156 e. The van der Waals surface area contributed by atoms with E-state index in [4.69, 9.17) is 0 Å². The summed E-state index contributed by atoms with van der Waals surface area (Å²) >= 11 is 0. The highest BCUT2D eigenvalue weighted by molar-refractivity contribution is 5.31. The Morgan fingerprint density at radius 1 is 1.55 bits per heavy atom. The van der Waals surface area contributed by atoms with Crippen LogP contribution in [0, 0.1) is 6.20 Å². The Hall–Kier alpha value is -1.12. The first-order chi connectivity index (χ1) is 5.34. The first-order valence-electron chi connectivity index (χ1n) is 3.74. The van der Waals surface area contributed by atoms with Crippen LogP contribution < -0.4 is 4.90 Å². The summed E-state index contributed by atoms with van der Waals surface area (Å²) in [5, 5.41) is 0. The van der Waals surface area contributed by atoms with Crippen LogP contribution in [0.15, 0.2) is 12.4 Å². The van der Waals surface area contributed by atoms with Crippen LogP contribution in [0.5, 0.6) is 0 Å². The molecule has 0 fully saturated rings. The van der Waals surface area contributed by atoms with Crippen molar-refractivity contribution in [2.75, 3.05) is 18.5 Å². The van der Waals surface area contributed by atoms with Gasteiger partial charge in [0, 0.05) is 26.0 Å². The summed E-state index contributed by atoms with van der Waals surface area (Å²) in [4.78, 5) is 10.00. The van der Waals surface area contributed by atoms with Crippen LogP contribution in [0.4, 0.5) is 5.82 Å². The number of hydrogen-bond donors (Lipinski definition) is 0. The van der Waals surface area contributed by atoms with Crippen molar-refractivity contribution in [1.82, 2.24) is 9.97 Å². The van der Waals surface area contributed by atoms with Gasteiger partial charge in [-0.2, -0.15) is 0 Å². The van der Waals surface area contributed by atoms with E-state index in [1.165, 1.54) is 0 Å². The Kier molecular flexibility index (Phi) is 2.83. The van der Waals surface area contributed by atoms with Gasteiger partial charge in [-0.1, -0.05) is 6.92 Å². The quantitative estimate of drug-likeness (QED) is 0.646. The minimum Gasteiger partial charge on any atom is -0.358 e. The van der Waals surface area contributed by atoms with Crippen molar-refractivity contribution < 1.29 is 0 Å². The molecule has 3 heteroatoms. The molecule has 1 rings (SSSR count). The molecule has 1 heterocycles. The predicted octanol–water partition coefficient (Wildman–Crippen LogP) is 1.12. The van der Waals surface area contributed by atoms with Gasteiger partial charge in [-0.3, -0.25) is 0 Å². The third kappa shape index (κ3) is 2.18. The molecule has 59 valence electrons. The zero-order valence-corrected chi connectivity index (χ0v) is 6.91. The molecular formula is C8H12N3. The SMILES string of the molecule is CCCN(C)c1[c]nccn1. The maximum atomic E-state index is 4.11. The zero-order valence-electron chi connectivity index (χ0n) is 6.91. The Morgan fingerprint density at radius 2 is 2.36 bits per heavy atom. The normalized spacial score (nSPS) is 9.64. The Morgan fingerprint density at radius 3 is 2.91 bits per heavy atom. The van der Waals surface area contributed by atoms with Crippen LogP contribution in [-0.4, -0.2) is 23.6 Å². The van der Waals surface area contributed by atoms with E-state index in [9.17, 15) is 0 Å². The molecule has 0 spiro atoms. The van der Waals surface area contributed by atoms with E-state index in [1.807, 2.05) is 11.9 Å². The molecule has 0 amide bonds. The van der Waals surface area contributed by atoms with Crippen molar-refractivity contribution in [2.24, 2.45) is 0 Å². The molecule has 0 bridgehead atoms. The van der Waals surface area contributed by atoms with Crippen LogP contribution >= 0.6 is 0 Å². The van der Waals surface area contributed by atoms with Gasteiger partial charge in [-0.05, 0) is 6.42 Å². The molecule has 0 aliphatic carbocycles. The topological polar surface area (TPSA) is 29.0 Å². The molecule has 0 saturated carbocycles. The molecule has 0 unspecified atom stereocenters. The number of anilines is 1. The van der Waals surface area contributed by atoms with E-state index in [0.717, 1.165) is 18.8 Å². The van der Waals surface area contributed by atoms with Crippen LogP contribution in [0.25, 0.3) is 0 Å². The molecule has 0 aliphatic heterocycles. The van der Waals surface area contributed by atoms with E-state index in [2.05, 4.69) is 23.1 Å². The second kappa shape index (κ2) is 3.91. The summed E-state index contributed by atoms with van der Waals surface area (Å²) in [6.07, 6.45) is 7.24. The summed E-state index contributed by atoms with van der Waals surface area (Å²) in [7, 11) is 1.99. The Balaban J connectivity index is 2.61. The van der Waals surface area contributed by atoms with E-state index >= 15 is 0 Å². The molecule has 0 aromatic carbocycles. The van der Waals surface area contributed by atoms with Gasteiger partial charge >= 0.3 is 0 Å². The highest BCUT2D eigenvalue weighted by Crippen LogP contribution is 2.03. The van der Waals surface area contributed by atoms with E-state index in [1.54, 1.807) is 12.4 Å². The molecule has 1 aromatic heterocycles. The van der Waals surface area contributed by atoms with Gasteiger partial charge in [0.05, 0.1) is 0 Å². The summed E-state index contributed by atoms with van der Waals surface area (Å²) in [5.74, 6) is 0.814. The molecular weight excluding hydrogens is 138 g/mol. The Bertz CT molecular complexity index is 198. The number of rotatable bonds is 3. The first-order valence-corrected chi connectivity index (χ1v) is 3.74. The lowest BCUT2D eigenvalue weighted by atomic mass is 10.4. The third-order valence-electron chi connectivity index (χ3n) is 1.42. The molecule has 1 aromatic rings. The van der Waals surface area contributed by atoms with Crippen molar-refractivity contribution in [3.8, 4) is 0 Å². The molecule has 0 saturated heterocycles. The lowest BCUT2D eigenvalue weighted by molar-refractivity contribution is 0.832. The van der Waals surface area contributed by atoms with Crippen LogP contribution in [-0.2, 0) is 0 Å². The highest BCUT2D eigenvalue weighted by Gasteiger charge is 1.98. The Labute approximate surface area is 67.1 Å². The average Bonchev–Trinajstić information content (AvgIpc) is 2.07. The summed E-state index contributed by atoms with van der Waals surface area (Å²) in [5.41, 5.74) is 0. The summed E-state index contributed by atoms with van der Waals surface area (Å²) < 4.78 is 0. The predicted molar refractivity (Wildman–Crippen MR) is 44.4 cm³/mol. The fraction of sp³-hybridized carbons (Fsp3) is 0.500. The summed E-state index contributed by atoms with van der Waals surface area (Å²) in [6, 6.07) is 0. The van der Waals surface area contributed by atoms with E-state index in [-0.39, 0.29) is 0 Å². The minimum atomic E-state index is 0.814. The third-order valence-corrected chi connectivity index (χ3v) is 1.42. The van der Waals surface area contributed by atoms with Gasteiger partial charge in [-0.15, -0.1) is 0 Å². The van der Waals surface area contributed by atoms with Crippen molar-refractivity contribution >= 4 is 5.82 Å². The first kappa shape index (κ1) is 7.98. The van der Waals surface area contributed by atoms with Crippen molar-refractivity contribution in [3.05, 3.63) is 18.6 Å². The highest BCUT2D eigenvalue weighted by atomic mass is 15.2. The van der Waals surface area contributed by atoms with E-state index in [0.29, 0.717) is 0 Å². The van der Waals surface area contributed by atoms with Crippen molar-refractivity contribution in [2.45, 2.75) is 13.3 Å². The summed E-state index contributed by atoms with van der Waals surface area (Å²) in [6.45, 7) is 3.13. The maximum absolute atomic E-state index is 4.11. The van der Waals surface area contributed by atoms with Gasteiger partial charge in [0.1, 0.15) is 6.20 Å². The molecule has 1 radical (unpaired) electrons.